The fraction of sp³-hybridized carbons (Fsp3) is 0.611. The number of likely N-dealkylation sites (tertiary alicyclic amines) is 1. The molecule has 0 unspecified atom stereocenters. The van der Waals surface area contributed by atoms with Gasteiger partial charge in [-0.15, -0.1) is 24.0 Å². The first kappa shape index (κ1) is 18.5. The van der Waals surface area contributed by atoms with Gasteiger partial charge in [0, 0.05) is 26.2 Å². The summed E-state index contributed by atoms with van der Waals surface area (Å²) in [6.07, 6.45) is 3.82. The van der Waals surface area contributed by atoms with Crippen LogP contribution in [0.15, 0.2) is 29.3 Å². The molecule has 0 saturated carbocycles. The Kier molecular flexibility index (Phi) is 7.62. The van der Waals surface area contributed by atoms with Crippen LogP contribution in [-0.4, -0.2) is 37.0 Å². The minimum Gasteiger partial charge on any atom is -0.356 e. The SMILES string of the molecule is CC1CCN(Cc2ccc(CNC3=NCCCN3)cc2)CC1.I. The molecule has 2 aliphatic rings. The molecule has 128 valence electrons. The molecule has 0 amide bonds. The first-order valence-electron chi connectivity index (χ1n) is 8.62. The lowest BCUT2D eigenvalue weighted by Crippen LogP contribution is -2.40. The van der Waals surface area contributed by atoms with Gasteiger partial charge in [-0.3, -0.25) is 9.89 Å². The van der Waals surface area contributed by atoms with Gasteiger partial charge in [0.05, 0.1) is 0 Å². The summed E-state index contributed by atoms with van der Waals surface area (Å²) in [6.45, 7) is 8.75. The van der Waals surface area contributed by atoms with Crippen LogP contribution in [0.2, 0.25) is 0 Å². The maximum atomic E-state index is 4.43. The molecule has 0 spiro atoms. The van der Waals surface area contributed by atoms with Crippen molar-refractivity contribution in [2.24, 2.45) is 10.9 Å². The van der Waals surface area contributed by atoms with Crippen molar-refractivity contribution in [3.8, 4) is 0 Å². The molecule has 2 aliphatic heterocycles. The normalized spacial score (nSPS) is 19.4. The number of benzene rings is 1. The third-order valence-corrected chi connectivity index (χ3v) is 4.66. The molecule has 0 radical (unpaired) electrons. The van der Waals surface area contributed by atoms with Crippen molar-refractivity contribution in [1.29, 1.82) is 0 Å². The van der Waals surface area contributed by atoms with E-state index in [2.05, 4.69) is 51.7 Å². The number of hydrogen-bond acceptors (Lipinski definition) is 4. The van der Waals surface area contributed by atoms with Gasteiger partial charge in [0.1, 0.15) is 0 Å². The lowest BCUT2D eigenvalue weighted by Gasteiger charge is -2.30. The van der Waals surface area contributed by atoms with Gasteiger partial charge < -0.3 is 10.6 Å². The second-order valence-corrected chi connectivity index (χ2v) is 6.64. The zero-order valence-corrected chi connectivity index (χ0v) is 16.4. The quantitative estimate of drug-likeness (QED) is 0.725. The standard InChI is InChI=1S/C18H28N4.HI/c1-15-7-11-22(12-8-15)14-17-5-3-16(4-6-17)13-21-18-19-9-2-10-20-18;/h3-6,15H,2,7-14H2,1H3,(H2,19,20,21);1H. The third-order valence-electron chi connectivity index (χ3n) is 4.66. The number of halogens is 1. The molecule has 0 aromatic heterocycles. The van der Waals surface area contributed by atoms with E-state index in [0.717, 1.165) is 44.5 Å². The summed E-state index contributed by atoms with van der Waals surface area (Å²) in [7, 11) is 0. The number of guanidine groups is 1. The van der Waals surface area contributed by atoms with Crippen molar-refractivity contribution in [3.63, 3.8) is 0 Å². The number of piperidine rings is 1. The van der Waals surface area contributed by atoms with Crippen molar-refractivity contribution in [1.82, 2.24) is 15.5 Å². The zero-order valence-electron chi connectivity index (χ0n) is 14.1. The van der Waals surface area contributed by atoms with Crippen molar-refractivity contribution in [2.75, 3.05) is 26.2 Å². The van der Waals surface area contributed by atoms with Crippen molar-refractivity contribution in [2.45, 2.75) is 39.3 Å². The summed E-state index contributed by atoms with van der Waals surface area (Å²) in [6, 6.07) is 9.01. The topological polar surface area (TPSA) is 39.7 Å². The molecule has 23 heavy (non-hydrogen) atoms. The molecule has 0 atom stereocenters. The summed E-state index contributed by atoms with van der Waals surface area (Å²) in [5, 5.41) is 6.66. The van der Waals surface area contributed by atoms with Gasteiger partial charge in [-0.2, -0.15) is 0 Å². The van der Waals surface area contributed by atoms with Crippen LogP contribution < -0.4 is 10.6 Å². The van der Waals surface area contributed by atoms with E-state index in [0.29, 0.717) is 0 Å². The highest BCUT2D eigenvalue weighted by Crippen LogP contribution is 2.18. The highest BCUT2D eigenvalue weighted by Gasteiger charge is 2.15. The van der Waals surface area contributed by atoms with E-state index < -0.39 is 0 Å². The number of nitrogens with one attached hydrogen (secondary N) is 2. The van der Waals surface area contributed by atoms with Crippen LogP contribution in [-0.2, 0) is 13.1 Å². The Labute approximate surface area is 157 Å². The monoisotopic (exact) mass is 428 g/mol. The predicted molar refractivity (Wildman–Crippen MR) is 107 cm³/mol. The van der Waals surface area contributed by atoms with Gasteiger partial charge in [0.15, 0.2) is 5.96 Å². The van der Waals surface area contributed by atoms with E-state index in [9.17, 15) is 0 Å². The molecule has 2 heterocycles. The van der Waals surface area contributed by atoms with Gasteiger partial charge in [0.2, 0.25) is 0 Å². The van der Waals surface area contributed by atoms with Gasteiger partial charge in [0.25, 0.3) is 0 Å². The second-order valence-electron chi connectivity index (χ2n) is 6.64. The smallest absolute Gasteiger partial charge is 0.191 e. The van der Waals surface area contributed by atoms with E-state index >= 15 is 0 Å². The Morgan fingerprint density at radius 1 is 1.17 bits per heavy atom. The molecule has 0 aliphatic carbocycles. The molecule has 2 N–H and O–H groups in total. The fourth-order valence-corrected chi connectivity index (χ4v) is 3.08. The van der Waals surface area contributed by atoms with Crippen LogP contribution in [0.1, 0.15) is 37.3 Å². The number of hydrogen-bond donors (Lipinski definition) is 2. The summed E-state index contributed by atoms with van der Waals surface area (Å²) >= 11 is 0. The van der Waals surface area contributed by atoms with Crippen LogP contribution in [0.5, 0.6) is 0 Å². The molecule has 1 aromatic rings. The average Bonchev–Trinajstić information content (AvgIpc) is 2.57. The molecule has 0 bridgehead atoms. The van der Waals surface area contributed by atoms with Crippen molar-refractivity contribution < 1.29 is 0 Å². The van der Waals surface area contributed by atoms with Gasteiger partial charge in [-0.25, -0.2) is 0 Å². The average molecular weight is 428 g/mol. The van der Waals surface area contributed by atoms with Crippen LogP contribution in [0.3, 0.4) is 0 Å². The first-order chi connectivity index (χ1) is 10.8. The number of aliphatic imine (C=N–C) groups is 1. The number of rotatable bonds is 4. The molecular formula is C18H29IN4. The third kappa shape index (κ3) is 5.95. The number of nitrogens with zero attached hydrogens (tertiary/aromatic N) is 2. The molecule has 5 heteroatoms. The molecular weight excluding hydrogens is 399 g/mol. The van der Waals surface area contributed by atoms with Crippen LogP contribution >= 0.6 is 24.0 Å². The fourth-order valence-electron chi connectivity index (χ4n) is 3.08. The molecule has 1 fully saturated rings. The zero-order chi connectivity index (χ0) is 15.2. The van der Waals surface area contributed by atoms with Gasteiger partial charge in [-0.1, -0.05) is 31.2 Å². The van der Waals surface area contributed by atoms with Crippen molar-refractivity contribution in [3.05, 3.63) is 35.4 Å². The Morgan fingerprint density at radius 2 is 1.87 bits per heavy atom. The lowest BCUT2D eigenvalue weighted by atomic mass is 9.99. The Balaban J connectivity index is 0.00000192. The van der Waals surface area contributed by atoms with E-state index in [1.807, 2.05) is 0 Å². The van der Waals surface area contributed by atoms with Crippen LogP contribution in [0.4, 0.5) is 0 Å². The highest BCUT2D eigenvalue weighted by atomic mass is 127. The Hall–Kier alpha value is -0.820. The second kappa shape index (κ2) is 9.47. The van der Waals surface area contributed by atoms with E-state index in [1.54, 1.807) is 0 Å². The minimum absolute atomic E-state index is 0. The van der Waals surface area contributed by atoms with E-state index in [-0.39, 0.29) is 24.0 Å². The summed E-state index contributed by atoms with van der Waals surface area (Å²) in [5.41, 5.74) is 2.73. The summed E-state index contributed by atoms with van der Waals surface area (Å²) in [4.78, 5) is 7.01. The summed E-state index contributed by atoms with van der Waals surface area (Å²) in [5.74, 6) is 1.85. The van der Waals surface area contributed by atoms with Crippen LogP contribution in [0.25, 0.3) is 0 Å². The molecule has 1 aromatic carbocycles. The predicted octanol–water partition coefficient (Wildman–Crippen LogP) is 2.98. The molecule has 4 nitrogen and oxygen atoms in total. The minimum atomic E-state index is 0. The van der Waals surface area contributed by atoms with Gasteiger partial charge in [-0.05, 0) is 49.4 Å². The maximum absolute atomic E-state index is 4.43. The molecule has 3 rings (SSSR count). The van der Waals surface area contributed by atoms with E-state index in [1.165, 1.54) is 37.1 Å². The Morgan fingerprint density at radius 3 is 2.52 bits per heavy atom. The van der Waals surface area contributed by atoms with Crippen LogP contribution in [0, 0.1) is 5.92 Å². The largest absolute Gasteiger partial charge is 0.356 e. The first-order valence-corrected chi connectivity index (χ1v) is 8.62. The molecule has 1 saturated heterocycles. The van der Waals surface area contributed by atoms with Crippen molar-refractivity contribution >= 4 is 29.9 Å². The summed E-state index contributed by atoms with van der Waals surface area (Å²) < 4.78 is 0. The Bertz CT molecular complexity index is 492. The lowest BCUT2D eigenvalue weighted by molar-refractivity contribution is 0.185. The maximum Gasteiger partial charge on any atom is 0.191 e. The van der Waals surface area contributed by atoms with Gasteiger partial charge >= 0.3 is 0 Å². The van der Waals surface area contributed by atoms with E-state index in [4.69, 9.17) is 0 Å². The highest BCUT2D eigenvalue weighted by molar-refractivity contribution is 14.0.